The van der Waals surface area contributed by atoms with Crippen LogP contribution in [0.25, 0.3) is 0 Å². The SMILES string of the molecule is [C-]#C[CH-]c1ccc(C)c(C)c1. The monoisotopic (exact) mass is 142 g/mol. The minimum Gasteiger partial charge on any atom is -0.729 e. The highest BCUT2D eigenvalue weighted by Crippen LogP contribution is 2.10. The van der Waals surface area contributed by atoms with Crippen LogP contribution in [-0.2, 0) is 0 Å². The molecule has 0 atom stereocenters. The first-order chi connectivity index (χ1) is 5.24. The zero-order valence-corrected chi connectivity index (χ0v) is 6.81. The molecule has 0 aliphatic rings. The minimum atomic E-state index is 1.04. The third-order valence-electron chi connectivity index (χ3n) is 1.77. The van der Waals surface area contributed by atoms with Gasteiger partial charge in [-0.3, -0.25) is 0 Å². The van der Waals surface area contributed by atoms with Gasteiger partial charge in [0.2, 0.25) is 0 Å². The van der Waals surface area contributed by atoms with Crippen molar-refractivity contribution in [3.05, 3.63) is 47.7 Å². The van der Waals surface area contributed by atoms with E-state index in [9.17, 15) is 0 Å². The summed E-state index contributed by atoms with van der Waals surface area (Å²) in [5.41, 5.74) is 3.59. The van der Waals surface area contributed by atoms with Gasteiger partial charge >= 0.3 is 0 Å². The Morgan fingerprint density at radius 3 is 2.55 bits per heavy atom. The van der Waals surface area contributed by atoms with Gasteiger partial charge in [0.05, 0.1) is 0 Å². The van der Waals surface area contributed by atoms with Crippen molar-refractivity contribution in [3.63, 3.8) is 0 Å². The van der Waals surface area contributed by atoms with Crippen molar-refractivity contribution in [1.82, 2.24) is 0 Å². The molecule has 0 bridgehead atoms. The molecule has 0 saturated carbocycles. The fourth-order valence-corrected chi connectivity index (χ4v) is 0.938. The molecule has 0 unspecified atom stereocenters. The van der Waals surface area contributed by atoms with Crippen LogP contribution in [0, 0.1) is 32.6 Å². The molecule has 0 heteroatoms. The highest BCUT2D eigenvalue weighted by atomic mass is 14.0. The zero-order valence-electron chi connectivity index (χ0n) is 6.81. The lowest BCUT2D eigenvalue weighted by Gasteiger charge is -2.12. The maximum atomic E-state index is 6.76. The van der Waals surface area contributed by atoms with Crippen LogP contribution < -0.4 is 0 Å². The Balaban J connectivity index is 2.98. The molecule has 0 nitrogen and oxygen atoms in total. The van der Waals surface area contributed by atoms with E-state index in [-0.39, 0.29) is 0 Å². The average Bonchev–Trinajstić information content (AvgIpc) is 1.98. The zero-order chi connectivity index (χ0) is 8.27. The minimum absolute atomic E-state index is 1.04. The van der Waals surface area contributed by atoms with Crippen LogP contribution in [0.15, 0.2) is 18.2 Å². The lowest BCUT2D eigenvalue weighted by molar-refractivity contribution is 1.32. The molecule has 1 aromatic carbocycles. The second-order valence-corrected chi connectivity index (χ2v) is 2.63. The van der Waals surface area contributed by atoms with Crippen LogP contribution in [0.5, 0.6) is 0 Å². The molecule has 0 amide bonds. The van der Waals surface area contributed by atoms with Crippen molar-refractivity contribution in [1.29, 1.82) is 0 Å². The normalized spacial score (nSPS) is 8.82. The van der Waals surface area contributed by atoms with Crippen molar-refractivity contribution in [2.24, 2.45) is 0 Å². The van der Waals surface area contributed by atoms with Crippen molar-refractivity contribution in [2.45, 2.75) is 13.8 Å². The summed E-state index contributed by atoms with van der Waals surface area (Å²) >= 11 is 0. The molecule has 0 saturated heterocycles. The van der Waals surface area contributed by atoms with Gasteiger partial charge in [0, 0.05) is 0 Å². The molecule has 0 radical (unpaired) electrons. The summed E-state index contributed by atoms with van der Waals surface area (Å²) in [4.78, 5) is 0. The molecule has 0 spiro atoms. The van der Waals surface area contributed by atoms with Gasteiger partial charge in [-0.15, -0.1) is 0 Å². The third kappa shape index (κ3) is 1.78. The Hall–Kier alpha value is -1.35. The largest absolute Gasteiger partial charge is 0.729 e. The lowest BCUT2D eigenvalue weighted by atomic mass is 10.0. The van der Waals surface area contributed by atoms with Gasteiger partial charge in [0.15, 0.2) is 0 Å². The van der Waals surface area contributed by atoms with Gasteiger partial charge in [-0.05, 0) is 19.4 Å². The first-order valence-electron chi connectivity index (χ1n) is 3.57. The van der Waals surface area contributed by atoms with E-state index in [2.05, 4.69) is 31.9 Å². The van der Waals surface area contributed by atoms with Crippen LogP contribution in [0.3, 0.4) is 0 Å². The predicted octanol–water partition coefficient (Wildman–Crippen LogP) is 2.45. The summed E-state index contributed by atoms with van der Waals surface area (Å²) in [6, 6.07) is 6.10. The third-order valence-corrected chi connectivity index (χ3v) is 1.77. The van der Waals surface area contributed by atoms with Gasteiger partial charge in [-0.25, -0.2) is 0 Å². The molecule has 0 fully saturated rings. The van der Waals surface area contributed by atoms with E-state index in [1.165, 1.54) is 11.1 Å². The second-order valence-electron chi connectivity index (χ2n) is 2.63. The van der Waals surface area contributed by atoms with Gasteiger partial charge < -0.3 is 18.8 Å². The summed E-state index contributed by atoms with van der Waals surface area (Å²) in [6.45, 7) is 4.14. The highest BCUT2D eigenvalue weighted by Gasteiger charge is 1.87. The fourth-order valence-electron chi connectivity index (χ4n) is 0.938. The van der Waals surface area contributed by atoms with Gasteiger partial charge in [-0.1, -0.05) is 23.8 Å². The summed E-state index contributed by atoms with van der Waals surface area (Å²) in [7, 11) is 0. The average molecular weight is 142 g/mol. The smallest absolute Gasteiger partial charge is 0.0395 e. The van der Waals surface area contributed by atoms with Crippen molar-refractivity contribution in [2.75, 3.05) is 0 Å². The summed E-state index contributed by atoms with van der Waals surface area (Å²) in [5.74, 6) is 2.26. The fraction of sp³-hybridized carbons (Fsp3) is 0.182. The Labute approximate surface area is 68.3 Å². The van der Waals surface area contributed by atoms with Crippen LogP contribution in [0.2, 0.25) is 0 Å². The van der Waals surface area contributed by atoms with E-state index >= 15 is 0 Å². The number of aryl methyl sites for hydroxylation is 2. The Bertz CT molecular complexity index is 289. The molecule has 0 N–H and O–H groups in total. The van der Waals surface area contributed by atoms with E-state index < -0.39 is 0 Å². The van der Waals surface area contributed by atoms with Gasteiger partial charge in [0.1, 0.15) is 0 Å². The summed E-state index contributed by atoms with van der Waals surface area (Å²) in [5, 5.41) is 0. The number of benzene rings is 1. The number of hydrogen-bond donors (Lipinski definition) is 0. The first-order valence-corrected chi connectivity index (χ1v) is 3.57. The number of rotatable bonds is 1. The molecular formula is C11H10-2. The standard InChI is InChI=1S/C11H10/c1-4-5-11-7-6-9(2)10(3)8-11/h5-8H,2-3H3/q-2. The topological polar surface area (TPSA) is 0 Å². The molecule has 1 aromatic rings. The van der Waals surface area contributed by atoms with Crippen molar-refractivity contribution < 1.29 is 0 Å². The lowest BCUT2D eigenvalue weighted by Crippen LogP contribution is -1.83. The molecule has 0 heterocycles. The van der Waals surface area contributed by atoms with Gasteiger partial charge in [-0.2, -0.15) is 5.56 Å². The van der Waals surface area contributed by atoms with E-state index in [1.54, 1.807) is 6.42 Å². The first kappa shape index (κ1) is 7.75. The Kier molecular flexibility index (Phi) is 2.23. The highest BCUT2D eigenvalue weighted by molar-refractivity contribution is 5.36. The van der Waals surface area contributed by atoms with E-state index in [0.29, 0.717) is 0 Å². The second kappa shape index (κ2) is 3.16. The van der Waals surface area contributed by atoms with Crippen molar-refractivity contribution in [3.8, 4) is 5.92 Å². The molecule has 1 rings (SSSR count). The Morgan fingerprint density at radius 2 is 2.00 bits per heavy atom. The number of hydrogen-bond acceptors (Lipinski definition) is 0. The van der Waals surface area contributed by atoms with Crippen LogP contribution in [0.4, 0.5) is 0 Å². The van der Waals surface area contributed by atoms with Crippen LogP contribution >= 0.6 is 0 Å². The molecular weight excluding hydrogens is 132 g/mol. The molecule has 0 aliphatic carbocycles. The molecule has 56 valence electrons. The van der Waals surface area contributed by atoms with E-state index in [4.69, 9.17) is 6.42 Å². The van der Waals surface area contributed by atoms with Crippen LogP contribution in [0.1, 0.15) is 16.7 Å². The quantitative estimate of drug-likeness (QED) is 0.417. The predicted molar refractivity (Wildman–Crippen MR) is 46.4 cm³/mol. The molecule has 0 aromatic heterocycles. The molecule has 11 heavy (non-hydrogen) atoms. The molecule has 0 aliphatic heterocycles. The van der Waals surface area contributed by atoms with Gasteiger partial charge in [0.25, 0.3) is 0 Å². The maximum Gasteiger partial charge on any atom is -0.0395 e. The van der Waals surface area contributed by atoms with E-state index in [0.717, 1.165) is 5.56 Å². The van der Waals surface area contributed by atoms with Crippen molar-refractivity contribution >= 4 is 0 Å². The van der Waals surface area contributed by atoms with E-state index in [1.807, 2.05) is 6.07 Å². The summed E-state index contributed by atoms with van der Waals surface area (Å²) in [6.07, 6.45) is 8.42. The van der Waals surface area contributed by atoms with Crippen LogP contribution in [-0.4, -0.2) is 0 Å². The Morgan fingerprint density at radius 1 is 1.27 bits per heavy atom. The summed E-state index contributed by atoms with van der Waals surface area (Å²) < 4.78 is 0. The maximum absolute atomic E-state index is 6.76.